The van der Waals surface area contributed by atoms with Gasteiger partial charge in [0.15, 0.2) is 0 Å². The number of carbonyl (C=O) groups excluding carboxylic acids is 1. The number of rotatable bonds is 3. The van der Waals surface area contributed by atoms with E-state index in [1.807, 2.05) is 6.07 Å². The third-order valence-electron chi connectivity index (χ3n) is 4.67. The van der Waals surface area contributed by atoms with Gasteiger partial charge >= 0.3 is 0 Å². The van der Waals surface area contributed by atoms with E-state index in [4.69, 9.17) is 11.6 Å². The fourth-order valence-electron chi connectivity index (χ4n) is 3.40. The van der Waals surface area contributed by atoms with Gasteiger partial charge in [-0.2, -0.15) is 0 Å². The van der Waals surface area contributed by atoms with E-state index in [1.54, 1.807) is 11.3 Å². The average molecular weight is 378 g/mol. The molecule has 2 atom stereocenters. The second-order valence-corrected chi connectivity index (χ2v) is 8.18. The van der Waals surface area contributed by atoms with Gasteiger partial charge in [0.25, 0.3) is 0 Å². The van der Waals surface area contributed by atoms with Gasteiger partial charge in [-0.3, -0.25) is 9.69 Å². The Balaban J connectivity index is 0.00000192. The van der Waals surface area contributed by atoms with E-state index in [0.717, 1.165) is 56.4 Å². The molecule has 0 saturated carbocycles. The molecule has 0 bridgehead atoms. The van der Waals surface area contributed by atoms with Crippen LogP contribution in [-0.4, -0.2) is 54.5 Å². The molecule has 3 rings (SSSR count). The molecule has 0 unspecified atom stereocenters. The first-order valence-corrected chi connectivity index (χ1v) is 9.30. The lowest BCUT2D eigenvalue weighted by atomic mass is 9.92. The second-order valence-electron chi connectivity index (χ2n) is 6.38. The summed E-state index contributed by atoms with van der Waals surface area (Å²) in [6.07, 6.45) is 1.96. The van der Waals surface area contributed by atoms with Gasteiger partial charge in [0.2, 0.25) is 5.91 Å². The van der Waals surface area contributed by atoms with Crippen molar-refractivity contribution in [1.29, 1.82) is 0 Å². The molecule has 0 spiro atoms. The molecular weight excluding hydrogens is 353 g/mol. The van der Waals surface area contributed by atoms with Crippen LogP contribution in [0.4, 0.5) is 0 Å². The number of amides is 1. The summed E-state index contributed by atoms with van der Waals surface area (Å²) in [6, 6.07) is 4.52. The molecule has 130 valence electrons. The zero-order valence-electron chi connectivity index (χ0n) is 13.5. The third kappa shape index (κ3) is 5.07. The number of thiophene rings is 1. The summed E-state index contributed by atoms with van der Waals surface area (Å²) in [6.45, 7) is 7.72. The highest BCUT2D eigenvalue weighted by molar-refractivity contribution is 7.16. The van der Waals surface area contributed by atoms with Crippen LogP contribution < -0.4 is 5.32 Å². The molecule has 3 heterocycles. The maximum atomic E-state index is 12.6. The smallest absolute Gasteiger partial charge is 0.225 e. The molecule has 1 amide bonds. The van der Waals surface area contributed by atoms with Crippen molar-refractivity contribution < 1.29 is 4.79 Å². The minimum Gasteiger partial charge on any atom is -0.340 e. The summed E-state index contributed by atoms with van der Waals surface area (Å²) >= 11 is 7.63. The number of nitrogens with zero attached hydrogens (tertiary/aromatic N) is 2. The quantitative estimate of drug-likeness (QED) is 0.879. The summed E-state index contributed by atoms with van der Waals surface area (Å²) in [7, 11) is 0. The summed E-state index contributed by atoms with van der Waals surface area (Å²) in [5.74, 6) is 0.589. The van der Waals surface area contributed by atoms with Crippen LogP contribution in [-0.2, 0) is 11.3 Å². The summed E-state index contributed by atoms with van der Waals surface area (Å²) < 4.78 is 0.851. The van der Waals surface area contributed by atoms with Crippen LogP contribution in [0.25, 0.3) is 0 Å². The number of hydrogen-bond donors (Lipinski definition) is 1. The van der Waals surface area contributed by atoms with Crippen molar-refractivity contribution in [3.63, 3.8) is 0 Å². The zero-order valence-corrected chi connectivity index (χ0v) is 15.9. The van der Waals surface area contributed by atoms with Gasteiger partial charge in [-0.1, -0.05) is 11.6 Å². The number of piperidine rings is 1. The Morgan fingerprint density at radius 2 is 2.09 bits per heavy atom. The molecule has 0 aliphatic carbocycles. The largest absolute Gasteiger partial charge is 0.340 e. The predicted molar refractivity (Wildman–Crippen MR) is 98.6 cm³/mol. The Labute approximate surface area is 153 Å². The topological polar surface area (TPSA) is 35.6 Å². The highest BCUT2D eigenvalue weighted by Gasteiger charge is 2.30. The van der Waals surface area contributed by atoms with Crippen molar-refractivity contribution in [1.82, 2.24) is 15.1 Å². The van der Waals surface area contributed by atoms with Crippen LogP contribution in [0.5, 0.6) is 0 Å². The third-order valence-corrected chi connectivity index (χ3v) is 5.88. The Morgan fingerprint density at radius 3 is 2.70 bits per heavy atom. The summed E-state index contributed by atoms with van der Waals surface area (Å²) in [5, 5.41) is 3.42. The van der Waals surface area contributed by atoms with Gasteiger partial charge in [0.1, 0.15) is 0 Å². The fraction of sp³-hybridized carbons (Fsp3) is 0.688. The number of nitrogens with one attached hydrogen (secondary N) is 1. The van der Waals surface area contributed by atoms with Crippen LogP contribution in [0.15, 0.2) is 12.1 Å². The maximum absolute atomic E-state index is 12.6. The van der Waals surface area contributed by atoms with E-state index in [2.05, 4.69) is 28.1 Å². The SMILES string of the molecule is C[C@H]1C[C@@H](C(=O)N2CCN(Cc3ccc(Cl)s3)CC2)CCN1.Cl. The Morgan fingerprint density at radius 1 is 1.35 bits per heavy atom. The van der Waals surface area contributed by atoms with E-state index >= 15 is 0 Å². The van der Waals surface area contributed by atoms with Crippen LogP contribution in [0.1, 0.15) is 24.6 Å². The Kier molecular flexibility index (Phi) is 7.17. The number of carbonyl (C=O) groups is 1. The van der Waals surface area contributed by atoms with Crippen molar-refractivity contribution in [2.45, 2.75) is 32.4 Å². The van der Waals surface area contributed by atoms with Gasteiger partial charge in [-0.05, 0) is 38.4 Å². The Bertz CT molecular complexity index is 517. The van der Waals surface area contributed by atoms with Gasteiger partial charge < -0.3 is 10.2 Å². The molecule has 7 heteroatoms. The van der Waals surface area contributed by atoms with Crippen LogP contribution in [0.2, 0.25) is 4.34 Å². The molecule has 2 aliphatic rings. The molecule has 4 nitrogen and oxygen atoms in total. The van der Waals surface area contributed by atoms with Crippen molar-refractivity contribution in [2.24, 2.45) is 5.92 Å². The first-order chi connectivity index (χ1) is 10.6. The molecule has 23 heavy (non-hydrogen) atoms. The summed E-state index contributed by atoms with van der Waals surface area (Å²) in [5.41, 5.74) is 0. The highest BCUT2D eigenvalue weighted by atomic mass is 35.5. The zero-order chi connectivity index (χ0) is 15.5. The normalized spacial score (nSPS) is 25.9. The molecule has 2 saturated heterocycles. The van der Waals surface area contributed by atoms with E-state index in [0.29, 0.717) is 11.9 Å². The lowest BCUT2D eigenvalue weighted by molar-refractivity contribution is -0.138. The number of piperazine rings is 1. The first-order valence-electron chi connectivity index (χ1n) is 8.10. The van der Waals surface area contributed by atoms with E-state index < -0.39 is 0 Å². The van der Waals surface area contributed by atoms with Crippen LogP contribution in [0, 0.1) is 5.92 Å². The molecule has 2 aliphatic heterocycles. The predicted octanol–water partition coefficient (Wildman–Crippen LogP) is 2.86. The van der Waals surface area contributed by atoms with Crippen molar-refractivity contribution in [3.8, 4) is 0 Å². The van der Waals surface area contributed by atoms with Gasteiger partial charge in [0, 0.05) is 49.6 Å². The van der Waals surface area contributed by atoms with Crippen molar-refractivity contribution in [2.75, 3.05) is 32.7 Å². The van der Waals surface area contributed by atoms with E-state index in [-0.39, 0.29) is 18.3 Å². The van der Waals surface area contributed by atoms with Gasteiger partial charge in [-0.15, -0.1) is 23.7 Å². The fourth-order valence-corrected chi connectivity index (χ4v) is 4.53. The van der Waals surface area contributed by atoms with Crippen molar-refractivity contribution in [3.05, 3.63) is 21.3 Å². The maximum Gasteiger partial charge on any atom is 0.225 e. The lowest BCUT2D eigenvalue weighted by Crippen LogP contribution is -2.51. The van der Waals surface area contributed by atoms with Crippen molar-refractivity contribution >= 4 is 41.3 Å². The van der Waals surface area contributed by atoms with Gasteiger partial charge in [-0.25, -0.2) is 0 Å². The molecule has 2 fully saturated rings. The minimum atomic E-state index is 0. The van der Waals surface area contributed by atoms with E-state index in [9.17, 15) is 4.79 Å². The first kappa shape index (κ1) is 19.0. The lowest BCUT2D eigenvalue weighted by Gasteiger charge is -2.37. The molecular formula is C16H25Cl2N3OS. The average Bonchev–Trinajstić information content (AvgIpc) is 2.92. The minimum absolute atomic E-state index is 0. The molecule has 1 aromatic rings. The van der Waals surface area contributed by atoms with Crippen LogP contribution in [0.3, 0.4) is 0 Å². The molecule has 1 aromatic heterocycles. The summed E-state index contributed by atoms with van der Waals surface area (Å²) in [4.78, 5) is 18.4. The molecule has 0 aromatic carbocycles. The standard InChI is InChI=1S/C16H24ClN3OS.ClH/c1-12-10-13(4-5-18-12)16(21)20-8-6-19(7-9-20)11-14-2-3-15(17)22-14;/h2-3,12-13,18H,4-11H2,1H3;1H/t12-,13-;/m0./s1. The number of halogens is 2. The molecule has 0 radical (unpaired) electrons. The highest BCUT2D eigenvalue weighted by Crippen LogP contribution is 2.24. The second kappa shape index (κ2) is 8.67. The van der Waals surface area contributed by atoms with Crippen LogP contribution >= 0.6 is 35.3 Å². The molecule has 1 N–H and O–H groups in total. The van der Waals surface area contributed by atoms with Gasteiger partial charge in [0.05, 0.1) is 4.34 Å². The number of hydrogen-bond acceptors (Lipinski definition) is 4. The monoisotopic (exact) mass is 377 g/mol. The van der Waals surface area contributed by atoms with E-state index in [1.165, 1.54) is 4.88 Å². The Hall–Kier alpha value is -0.330.